The van der Waals surface area contributed by atoms with Gasteiger partial charge in [0.05, 0.1) is 13.0 Å². The first-order valence-corrected chi connectivity index (χ1v) is 6.48. The van der Waals surface area contributed by atoms with Crippen LogP contribution >= 0.6 is 0 Å². The van der Waals surface area contributed by atoms with Crippen LogP contribution in [-0.2, 0) is 19.2 Å². The zero-order valence-corrected chi connectivity index (χ0v) is 11.1. The number of carboxylic acid groups (broad SMARTS) is 1. The molecule has 0 aromatic heterocycles. The molecule has 0 saturated carbocycles. The zero-order chi connectivity index (χ0) is 15.1. The number of hydrogen-bond donors (Lipinski definition) is 3. The number of rotatable bonds is 6. The van der Waals surface area contributed by atoms with Gasteiger partial charge in [-0.2, -0.15) is 0 Å². The molecule has 8 heteroatoms. The van der Waals surface area contributed by atoms with E-state index in [1.165, 1.54) is 4.90 Å². The molecule has 1 aliphatic rings. The van der Waals surface area contributed by atoms with Crippen molar-refractivity contribution in [3.8, 4) is 0 Å². The van der Waals surface area contributed by atoms with Crippen LogP contribution < -0.4 is 11.1 Å². The largest absolute Gasteiger partial charge is 0.480 e. The van der Waals surface area contributed by atoms with Crippen LogP contribution in [0.5, 0.6) is 0 Å². The highest BCUT2D eigenvalue weighted by molar-refractivity contribution is 5.90. The maximum absolute atomic E-state index is 11.7. The smallest absolute Gasteiger partial charge is 0.326 e. The fraction of sp³-hybridized carbons (Fsp3) is 0.667. The van der Waals surface area contributed by atoms with Gasteiger partial charge in [0.1, 0.15) is 6.04 Å². The van der Waals surface area contributed by atoms with Crippen LogP contribution in [0.4, 0.5) is 0 Å². The summed E-state index contributed by atoms with van der Waals surface area (Å²) in [6.07, 6.45) is 2.48. The van der Waals surface area contributed by atoms with Gasteiger partial charge >= 0.3 is 5.97 Å². The van der Waals surface area contributed by atoms with Crippen molar-refractivity contribution in [2.45, 2.75) is 38.1 Å². The van der Waals surface area contributed by atoms with Gasteiger partial charge in [0.25, 0.3) is 0 Å². The van der Waals surface area contributed by atoms with E-state index in [9.17, 15) is 19.2 Å². The van der Waals surface area contributed by atoms with Crippen molar-refractivity contribution in [3.63, 3.8) is 0 Å². The highest BCUT2D eigenvalue weighted by atomic mass is 16.4. The molecule has 1 atom stereocenters. The summed E-state index contributed by atoms with van der Waals surface area (Å²) in [5.74, 6) is -2.86. The summed E-state index contributed by atoms with van der Waals surface area (Å²) in [4.78, 5) is 46.5. The van der Waals surface area contributed by atoms with Crippen LogP contribution in [0, 0.1) is 0 Å². The average Bonchev–Trinajstić information content (AvgIpc) is 2.53. The van der Waals surface area contributed by atoms with E-state index in [4.69, 9.17) is 10.8 Å². The SMILES string of the molecule is NC(=O)C[C@@H](NC(=O)CN1CCCCCC1=O)C(=O)O. The molecular weight excluding hydrogens is 266 g/mol. The normalized spacial score (nSPS) is 17.2. The first-order chi connectivity index (χ1) is 9.40. The molecule has 1 heterocycles. The first-order valence-electron chi connectivity index (χ1n) is 6.48. The van der Waals surface area contributed by atoms with E-state index >= 15 is 0 Å². The van der Waals surface area contributed by atoms with Crippen molar-refractivity contribution in [2.75, 3.05) is 13.1 Å². The number of carbonyl (C=O) groups excluding carboxylic acids is 3. The van der Waals surface area contributed by atoms with Gasteiger partial charge in [-0.3, -0.25) is 14.4 Å². The number of nitrogens with two attached hydrogens (primary N) is 1. The highest BCUT2D eigenvalue weighted by Crippen LogP contribution is 2.10. The third kappa shape index (κ3) is 5.25. The van der Waals surface area contributed by atoms with Crippen LogP contribution in [-0.4, -0.2) is 52.8 Å². The molecule has 4 N–H and O–H groups in total. The van der Waals surface area contributed by atoms with Crippen molar-refractivity contribution in [1.82, 2.24) is 10.2 Å². The minimum Gasteiger partial charge on any atom is -0.480 e. The van der Waals surface area contributed by atoms with Crippen LogP contribution in [0.2, 0.25) is 0 Å². The summed E-state index contributed by atoms with van der Waals surface area (Å²) < 4.78 is 0. The molecule has 20 heavy (non-hydrogen) atoms. The summed E-state index contributed by atoms with van der Waals surface area (Å²) in [5.41, 5.74) is 4.92. The van der Waals surface area contributed by atoms with E-state index < -0.39 is 30.2 Å². The average molecular weight is 285 g/mol. The molecule has 8 nitrogen and oxygen atoms in total. The van der Waals surface area contributed by atoms with Crippen LogP contribution in [0.15, 0.2) is 0 Å². The standard InChI is InChI=1S/C12H19N3O5/c13-9(16)6-8(12(19)20)14-10(17)7-15-5-3-1-2-4-11(15)18/h8H,1-7H2,(H2,13,16)(H,14,17)(H,19,20)/t8-/m1/s1. The number of aliphatic carboxylic acids is 1. The van der Waals surface area contributed by atoms with Gasteiger partial charge in [-0.15, -0.1) is 0 Å². The van der Waals surface area contributed by atoms with Gasteiger partial charge in [0.2, 0.25) is 17.7 Å². The maximum atomic E-state index is 11.7. The van der Waals surface area contributed by atoms with Crippen LogP contribution in [0.1, 0.15) is 32.1 Å². The molecule has 3 amide bonds. The highest BCUT2D eigenvalue weighted by Gasteiger charge is 2.24. The molecule has 0 aliphatic carbocycles. The number of carbonyl (C=O) groups is 4. The molecular formula is C12H19N3O5. The van der Waals surface area contributed by atoms with Gasteiger partial charge in [-0.05, 0) is 12.8 Å². The minimum atomic E-state index is -1.36. The lowest BCUT2D eigenvalue weighted by molar-refractivity contribution is -0.144. The zero-order valence-electron chi connectivity index (χ0n) is 11.1. The number of nitrogens with one attached hydrogen (secondary N) is 1. The van der Waals surface area contributed by atoms with Gasteiger partial charge in [0, 0.05) is 13.0 Å². The van der Waals surface area contributed by atoms with Crippen molar-refractivity contribution < 1.29 is 24.3 Å². The van der Waals surface area contributed by atoms with Gasteiger partial charge in [-0.25, -0.2) is 4.79 Å². The van der Waals surface area contributed by atoms with Crippen LogP contribution in [0.3, 0.4) is 0 Å². The quantitative estimate of drug-likeness (QED) is 0.566. The maximum Gasteiger partial charge on any atom is 0.326 e. The van der Waals surface area contributed by atoms with Crippen LogP contribution in [0.25, 0.3) is 0 Å². The molecule has 0 unspecified atom stereocenters. The molecule has 0 aromatic carbocycles. The van der Waals surface area contributed by atoms with Crippen molar-refractivity contribution >= 4 is 23.7 Å². The van der Waals surface area contributed by atoms with E-state index in [0.29, 0.717) is 13.0 Å². The lowest BCUT2D eigenvalue weighted by atomic mass is 10.2. The molecule has 0 radical (unpaired) electrons. The Morgan fingerprint density at radius 1 is 1.30 bits per heavy atom. The van der Waals surface area contributed by atoms with Gasteiger partial charge < -0.3 is 21.1 Å². The molecule has 112 valence electrons. The summed E-state index contributed by atoms with van der Waals surface area (Å²) in [6, 6.07) is -1.36. The third-order valence-corrected chi connectivity index (χ3v) is 3.04. The summed E-state index contributed by atoms with van der Waals surface area (Å²) >= 11 is 0. The van der Waals surface area contributed by atoms with E-state index in [1.54, 1.807) is 0 Å². The fourth-order valence-electron chi connectivity index (χ4n) is 2.02. The number of amides is 3. The van der Waals surface area contributed by atoms with Crippen molar-refractivity contribution in [1.29, 1.82) is 0 Å². The Balaban J connectivity index is 2.53. The Morgan fingerprint density at radius 2 is 2.00 bits per heavy atom. The molecule has 0 bridgehead atoms. The van der Waals surface area contributed by atoms with E-state index in [1.807, 2.05) is 0 Å². The van der Waals surface area contributed by atoms with Gasteiger partial charge in [0.15, 0.2) is 0 Å². The van der Waals surface area contributed by atoms with E-state index in [-0.39, 0.29) is 12.5 Å². The molecule has 1 rings (SSSR count). The summed E-state index contributed by atoms with van der Waals surface area (Å²) in [7, 11) is 0. The van der Waals surface area contributed by atoms with Crippen molar-refractivity contribution in [2.24, 2.45) is 5.73 Å². The molecule has 1 saturated heterocycles. The summed E-state index contributed by atoms with van der Waals surface area (Å²) in [5, 5.41) is 11.1. The minimum absolute atomic E-state index is 0.112. The Bertz CT molecular complexity index is 410. The lowest BCUT2D eigenvalue weighted by Gasteiger charge is -2.21. The Kier molecular flexibility index (Phi) is 5.95. The van der Waals surface area contributed by atoms with Gasteiger partial charge in [-0.1, -0.05) is 6.42 Å². The molecule has 1 fully saturated rings. The second-order valence-electron chi connectivity index (χ2n) is 4.75. The Morgan fingerprint density at radius 3 is 2.60 bits per heavy atom. The van der Waals surface area contributed by atoms with Crippen molar-refractivity contribution in [3.05, 3.63) is 0 Å². The molecule has 0 aromatic rings. The molecule has 0 spiro atoms. The number of nitrogens with zero attached hydrogens (tertiary/aromatic N) is 1. The fourth-order valence-corrected chi connectivity index (χ4v) is 2.02. The summed E-state index contributed by atoms with van der Waals surface area (Å²) in [6.45, 7) is 0.293. The first kappa shape index (κ1) is 15.9. The second kappa shape index (κ2) is 7.46. The van der Waals surface area contributed by atoms with E-state index in [0.717, 1.165) is 19.3 Å². The number of hydrogen-bond acceptors (Lipinski definition) is 4. The third-order valence-electron chi connectivity index (χ3n) is 3.04. The predicted octanol–water partition coefficient (Wildman–Crippen LogP) is -1.17. The predicted molar refractivity (Wildman–Crippen MR) is 68.4 cm³/mol. The number of carboxylic acids is 1. The Labute approximate surface area is 116 Å². The Hall–Kier alpha value is -2.12. The lowest BCUT2D eigenvalue weighted by Crippen LogP contribution is -2.48. The second-order valence-corrected chi connectivity index (χ2v) is 4.75. The van der Waals surface area contributed by atoms with E-state index in [2.05, 4.69) is 5.32 Å². The number of primary amides is 1. The topological polar surface area (TPSA) is 130 Å². The monoisotopic (exact) mass is 285 g/mol. The molecule has 1 aliphatic heterocycles. The number of likely N-dealkylation sites (tertiary alicyclic amines) is 1.